The van der Waals surface area contributed by atoms with E-state index in [4.69, 9.17) is 4.74 Å². The van der Waals surface area contributed by atoms with E-state index in [0.29, 0.717) is 16.9 Å². The molecule has 0 amide bonds. The zero-order valence-electron chi connectivity index (χ0n) is 15.6. The molecular formula is C23H19NO5. The van der Waals surface area contributed by atoms with Gasteiger partial charge in [0.2, 0.25) is 0 Å². The summed E-state index contributed by atoms with van der Waals surface area (Å²) in [5.74, 6) is 0.815. The lowest BCUT2D eigenvalue weighted by Gasteiger charge is -2.07. The molecule has 0 heterocycles. The standard InChI is InChI=1S/C23H19NO5/c1-29-23-15-18(8-2-16-4-10-20(25)11-5-16)22(24(27)28)14-19(23)9-3-17-6-12-21(26)13-7-17/h2-15,25-26H,1H3/b8-2+,9-3+. The quantitative estimate of drug-likeness (QED) is 0.336. The molecule has 0 bridgehead atoms. The van der Waals surface area contributed by atoms with E-state index in [1.165, 1.54) is 13.2 Å². The molecule has 146 valence electrons. The smallest absolute Gasteiger partial charge is 0.277 e. The lowest BCUT2D eigenvalue weighted by molar-refractivity contribution is -0.385. The van der Waals surface area contributed by atoms with Crippen molar-refractivity contribution >= 4 is 30.0 Å². The van der Waals surface area contributed by atoms with E-state index in [1.54, 1.807) is 78.9 Å². The van der Waals surface area contributed by atoms with Crippen LogP contribution in [0.2, 0.25) is 0 Å². The van der Waals surface area contributed by atoms with Crippen LogP contribution in [0.3, 0.4) is 0 Å². The Hall–Kier alpha value is -4.06. The third-order valence-electron chi connectivity index (χ3n) is 4.27. The molecular weight excluding hydrogens is 370 g/mol. The lowest BCUT2D eigenvalue weighted by Crippen LogP contribution is -1.95. The van der Waals surface area contributed by atoms with Crippen LogP contribution in [0.25, 0.3) is 24.3 Å². The summed E-state index contributed by atoms with van der Waals surface area (Å²) in [6.45, 7) is 0. The highest BCUT2D eigenvalue weighted by molar-refractivity contribution is 5.80. The van der Waals surface area contributed by atoms with E-state index < -0.39 is 4.92 Å². The predicted molar refractivity (Wildman–Crippen MR) is 114 cm³/mol. The summed E-state index contributed by atoms with van der Waals surface area (Å²) in [5.41, 5.74) is 2.55. The molecule has 3 aromatic rings. The van der Waals surface area contributed by atoms with E-state index in [1.807, 2.05) is 0 Å². The molecule has 0 fully saturated rings. The highest BCUT2D eigenvalue weighted by atomic mass is 16.6. The molecule has 0 aliphatic heterocycles. The van der Waals surface area contributed by atoms with Crippen molar-refractivity contribution in [2.75, 3.05) is 7.11 Å². The number of hydrogen-bond donors (Lipinski definition) is 2. The van der Waals surface area contributed by atoms with Gasteiger partial charge in [0.1, 0.15) is 17.2 Å². The number of ether oxygens (including phenoxy) is 1. The summed E-state index contributed by atoms with van der Waals surface area (Å²) in [5, 5.41) is 30.3. The van der Waals surface area contributed by atoms with Gasteiger partial charge in [0.15, 0.2) is 0 Å². The van der Waals surface area contributed by atoms with Gasteiger partial charge in [0.05, 0.1) is 17.6 Å². The van der Waals surface area contributed by atoms with Crippen LogP contribution < -0.4 is 4.74 Å². The molecule has 6 heteroatoms. The molecule has 0 aliphatic carbocycles. The van der Waals surface area contributed by atoms with Gasteiger partial charge in [-0.05, 0) is 47.5 Å². The third-order valence-corrected chi connectivity index (χ3v) is 4.27. The van der Waals surface area contributed by atoms with Gasteiger partial charge < -0.3 is 14.9 Å². The van der Waals surface area contributed by atoms with E-state index in [9.17, 15) is 20.3 Å². The zero-order valence-corrected chi connectivity index (χ0v) is 15.6. The molecule has 0 unspecified atom stereocenters. The average molecular weight is 389 g/mol. The number of nitro groups is 1. The summed E-state index contributed by atoms with van der Waals surface area (Å²) in [6.07, 6.45) is 6.88. The Morgan fingerprint density at radius 1 is 0.793 bits per heavy atom. The van der Waals surface area contributed by atoms with Crippen LogP contribution in [0, 0.1) is 10.1 Å². The van der Waals surface area contributed by atoms with Crippen molar-refractivity contribution in [3.05, 3.63) is 93.0 Å². The van der Waals surface area contributed by atoms with Gasteiger partial charge in [-0.3, -0.25) is 10.1 Å². The van der Waals surface area contributed by atoms with Crippen LogP contribution in [0.5, 0.6) is 17.2 Å². The average Bonchev–Trinajstić information content (AvgIpc) is 2.72. The Bertz CT molecular complexity index is 1070. The first-order chi connectivity index (χ1) is 14.0. The van der Waals surface area contributed by atoms with Gasteiger partial charge in [-0.2, -0.15) is 0 Å². The van der Waals surface area contributed by atoms with Crippen molar-refractivity contribution < 1.29 is 19.9 Å². The van der Waals surface area contributed by atoms with Gasteiger partial charge in [-0.1, -0.05) is 42.5 Å². The largest absolute Gasteiger partial charge is 0.508 e. The van der Waals surface area contributed by atoms with Crippen LogP contribution >= 0.6 is 0 Å². The van der Waals surface area contributed by atoms with Crippen molar-refractivity contribution in [2.45, 2.75) is 0 Å². The first kappa shape index (κ1) is 19.7. The first-order valence-electron chi connectivity index (χ1n) is 8.77. The Morgan fingerprint density at radius 3 is 1.72 bits per heavy atom. The fraction of sp³-hybridized carbons (Fsp3) is 0.0435. The van der Waals surface area contributed by atoms with Crippen LogP contribution in [0.1, 0.15) is 22.3 Å². The fourth-order valence-corrected chi connectivity index (χ4v) is 2.74. The highest BCUT2D eigenvalue weighted by Gasteiger charge is 2.16. The normalized spacial score (nSPS) is 11.2. The van der Waals surface area contributed by atoms with Crippen molar-refractivity contribution in [2.24, 2.45) is 0 Å². The minimum Gasteiger partial charge on any atom is -0.508 e. The van der Waals surface area contributed by atoms with E-state index in [2.05, 4.69) is 0 Å². The second kappa shape index (κ2) is 8.75. The molecule has 0 atom stereocenters. The number of nitrogens with zero attached hydrogens (tertiary/aromatic N) is 1. The number of phenols is 2. The second-order valence-electron chi connectivity index (χ2n) is 6.26. The molecule has 3 rings (SSSR count). The van der Waals surface area contributed by atoms with Crippen LogP contribution in [0.15, 0.2) is 60.7 Å². The van der Waals surface area contributed by atoms with Gasteiger partial charge in [-0.25, -0.2) is 0 Å². The molecule has 29 heavy (non-hydrogen) atoms. The molecule has 0 aliphatic rings. The summed E-state index contributed by atoms with van der Waals surface area (Å²) in [4.78, 5) is 11.2. The molecule has 2 N–H and O–H groups in total. The molecule has 0 aromatic heterocycles. The summed E-state index contributed by atoms with van der Waals surface area (Å²) >= 11 is 0. The molecule has 0 saturated heterocycles. The minimum atomic E-state index is -0.437. The number of aromatic hydroxyl groups is 2. The van der Waals surface area contributed by atoms with Crippen molar-refractivity contribution in [3.63, 3.8) is 0 Å². The lowest BCUT2D eigenvalue weighted by atomic mass is 10.0. The monoisotopic (exact) mass is 389 g/mol. The van der Waals surface area contributed by atoms with Gasteiger partial charge >= 0.3 is 0 Å². The number of rotatable bonds is 6. The topological polar surface area (TPSA) is 92.8 Å². The SMILES string of the molecule is COc1cc(/C=C/c2ccc(O)cc2)c([N+](=O)[O-])cc1/C=C/c1ccc(O)cc1. The van der Waals surface area contributed by atoms with E-state index in [-0.39, 0.29) is 17.2 Å². The van der Waals surface area contributed by atoms with Crippen molar-refractivity contribution in [1.29, 1.82) is 0 Å². The maximum absolute atomic E-state index is 11.6. The summed E-state index contributed by atoms with van der Waals surface area (Å²) in [6, 6.07) is 16.2. The zero-order chi connectivity index (χ0) is 20.8. The minimum absolute atomic E-state index is 0.0498. The van der Waals surface area contributed by atoms with Crippen LogP contribution in [-0.2, 0) is 0 Å². The first-order valence-corrected chi connectivity index (χ1v) is 8.77. The van der Waals surface area contributed by atoms with Crippen molar-refractivity contribution in [1.82, 2.24) is 0 Å². The highest BCUT2D eigenvalue weighted by Crippen LogP contribution is 2.31. The number of benzene rings is 3. The van der Waals surface area contributed by atoms with Gasteiger partial charge in [0.25, 0.3) is 5.69 Å². The number of nitro benzene ring substituents is 1. The molecule has 0 radical (unpaired) electrons. The summed E-state index contributed by atoms with van der Waals surface area (Å²) < 4.78 is 5.42. The Labute approximate surface area is 167 Å². The predicted octanol–water partition coefficient (Wildman–Crippen LogP) is 5.36. The van der Waals surface area contributed by atoms with Crippen LogP contribution in [0.4, 0.5) is 5.69 Å². The van der Waals surface area contributed by atoms with Crippen molar-refractivity contribution in [3.8, 4) is 17.2 Å². The van der Waals surface area contributed by atoms with E-state index >= 15 is 0 Å². The second-order valence-corrected chi connectivity index (χ2v) is 6.26. The van der Waals surface area contributed by atoms with Gasteiger partial charge in [-0.15, -0.1) is 0 Å². The molecule has 6 nitrogen and oxygen atoms in total. The maximum atomic E-state index is 11.6. The fourth-order valence-electron chi connectivity index (χ4n) is 2.74. The Morgan fingerprint density at radius 2 is 1.28 bits per heavy atom. The number of methoxy groups -OCH3 is 1. The molecule has 0 saturated carbocycles. The third kappa shape index (κ3) is 5.01. The number of hydrogen-bond acceptors (Lipinski definition) is 5. The van der Waals surface area contributed by atoms with Crippen LogP contribution in [-0.4, -0.2) is 22.2 Å². The molecule has 3 aromatic carbocycles. The van der Waals surface area contributed by atoms with Gasteiger partial charge in [0, 0.05) is 11.6 Å². The maximum Gasteiger partial charge on any atom is 0.277 e. The summed E-state index contributed by atoms with van der Waals surface area (Å²) in [7, 11) is 1.51. The Balaban J connectivity index is 1.97. The Kier molecular flexibility index (Phi) is 5.94. The molecule has 0 spiro atoms. The van der Waals surface area contributed by atoms with E-state index in [0.717, 1.165) is 11.1 Å². The number of phenolic OH excluding ortho intramolecular Hbond substituents is 2.